The molecule has 1 atom stereocenters. The second-order valence-corrected chi connectivity index (χ2v) is 5.07. The fourth-order valence-electron chi connectivity index (χ4n) is 2.87. The lowest BCUT2D eigenvalue weighted by atomic mass is 9.93. The van der Waals surface area contributed by atoms with Gasteiger partial charge in [-0.1, -0.05) is 12.1 Å². The van der Waals surface area contributed by atoms with Crippen LogP contribution in [0.5, 0.6) is 5.75 Å². The van der Waals surface area contributed by atoms with Crippen LogP contribution in [0.15, 0.2) is 30.3 Å². The molecular formula is C17H14FNO2. The van der Waals surface area contributed by atoms with E-state index in [0.717, 1.165) is 11.1 Å². The van der Waals surface area contributed by atoms with E-state index in [-0.39, 0.29) is 0 Å². The molecule has 0 radical (unpaired) electrons. The standard InChI is InChI=1S/C17H14FNO2/c1-21-10-2-6-16(18)14(8-10)12-3-4-13-11(15(12)9-19)5-7-17(13)20/h2-4,6,8,17,20H,5,7H2,1H3. The third-order valence-corrected chi connectivity index (χ3v) is 3.95. The number of halogens is 1. The van der Waals surface area contributed by atoms with Crippen LogP contribution in [-0.2, 0) is 6.42 Å². The quantitative estimate of drug-likeness (QED) is 0.919. The maximum atomic E-state index is 14.1. The number of hydrogen-bond donors (Lipinski definition) is 1. The molecule has 0 saturated heterocycles. The van der Waals surface area contributed by atoms with Crippen LogP contribution in [0.4, 0.5) is 4.39 Å². The molecule has 2 aromatic carbocycles. The minimum atomic E-state index is -0.531. The molecule has 1 aliphatic carbocycles. The molecule has 0 bridgehead atoms. The fourth-order valence-corrected chi connectivity index (χ4v) is 2.87. The second kappa shape index (κ2) is 5.19. The molecule has 1 aliphatic rings. The summed E-state index contributed by atoms with van der Waals surface area (Å²) < 4.78 is 19.2. The molecule has 3 nitrogen and oxygen atoms in total. The Morgan fingerprint density at radius 1 is 1.29 bits per heavy atom. The van der Waals surface area contributed by atoms with Gasteiger partial charge in [-0.3, -0.25) is 0 Å². The summed E-state index contributed by atoms with van der Waals surface area (Å²) in [6.07, 6.45) is 0.712. The lowest BCUT2D eigenvalue weighted by molar-refractivity contribution is 0.180. The lowest BCUT2D eigenvalue weighted by Gasteiger charge is -2.12. The minimum absolute atomic E-state index is 0.343. The third-order valence-electron chi connectivity index (χ3n) is 3.95. The van der Waals surface area contributed by atoms with Crippen LogP contribution in [0.25, 0.3) is 11.1 Å². The van der Waals surface area contributed by atoms with Crippen molar-refractivity contribution in [2.24, 2.45) is 0 Å². The summed E-state index contributed by atoms with van der Waals surface area (Å²) in [7, 11) is 1.52. The first-order valence-electron chi connectivity index (χ1n) is 6.73. The molecule has 0 heterocycles. The van der Waals surface area contributed by atoms with Crippen molar-refractivity contribution in [3.8, 4) is 22.9 Å². The first kappa shape index (κ1) is 13.6. The number of hydrogen-bond acceptors (Lipinski definition) is 3. The van der Waals surface area contributed by atoms with Crippen LogP contribution in [0, 0.1) is 17.1 Å². The predicted octanol–water partition coefficient (Wildman–Crippen LogP) is 3.35. The molecule has 4 heteroatoms. The zero-order valence-electron chi connectivity index (χ0n) is 11.6. The Balaban J connectivity index is 2.23. The SMILES string of the molecule is COc1ccc(F)c(-c2ccc3c(c2C#N)CCC3O)c1. The van der Waals surface area contributed by atoms with Gasteiger partial charge in [0, 0.05) is 11.1 Å². The maximum Gasteiger partial charge on any atom is 0.131 e. The van der Waals surface area contributed by atoms with Gasteiger partial charge >= 0.3 is 0 Å². The van der Waals surface area contributed by atoms with Crippen molar-refractivity contribution in [3.05, 3.63) is 52.8 Å². The number of ether oxygens (including phenoxy) is 1. The van der Waals surface area contributed by atoms with Crippen molar-refractivity contribution < 1.29 is 14.2 Å². The summed E-state index contributed by atoms with van der Waals surface area (Å²) in [5.74, 6) is 0.140. The van der Waals surface area contributed by atoms with Crippen molar-refractivity contribution >= 4 is 0 Å². The number of aliphatic hydroxyl groups excluding tert-OH is 1. The number of aliphatic hydroxyl groups is 1. The molecule has 1 N–H and O–H groups in total. The van der Waals surface area contributed by atoms with Gasteiger partial charge in [-0.15, -0.1) is 0 Å². The normalized spacial score (nSPS) is 16.4. The van der Waals surface area contributed by atoms with E-state index < -0.39 is 11.9 Å². The van der Waals surface area contributed by atoms with E-state index in [2.05, 4.69) is 6.07 Å². The highest BCUT2D eigenvalue weighted by atomic mass is 19.1. The highest BCUT2D eigenvalue weighted by molar-refractivity contribution is 5.75. The molecule has 1 unspecified atom stereocenters. The third kappa shape index (κ3) is 2.16. The molecule has 0 fully saturated rings. The van der Waals surface area contributed by atoms with Gasteiger partial charge in [0.1, 0.15) is 17.6 Å². The molecule has 3 rings (SSSR count). The van der Waals surface area contributed by atoms with Crippen molar-refractivity contribution in [1.29, 1.82) is 5.26 Å². The maximum absolute atomic E-state index is 14.1. The van der Waals surface area contributed by atoms with Crippen molar-refractivity contribution in [2.75, 3.05) is 7.11 Å². The Labute approximate surface area is 122 Å². The zero-order chi connectivity index (χ0) is 15.0. The lowest BCUT2D eigenvalue weighted by Crippen LogP contribution is -1.97. The number of methoxy groups -OCH3 is 1. The smallest absolute Gasteiger partial charge is 0.131 e. The Bertz CT molecular complexity index is 749. The highest BCUT2D eigenvalue weighted by Crippen LogP contribution is 2.38. The van der Waals surface area contributed by atoms with E-state index in [1.165, 1.54) is 13.2 Å². The number of benzene rings is 2. The van der Waals surface area contributed by atoms with Crippen molar-refractivity contribution in [3.63, 3.8) is 0 Å². The molecule has 0 aromatic heterocycles. The van der Waals surface area contributed by atoms with Crippen molar-refractivity contribution in [2.45, 2.75) is 18.9 Å². The van der Waals surface area contributed by atoms with Crippen LogP contribution in [0.3, 0.4) is 0 Å². The summed E-state index contributed by atoms with van der Waals surface area (Å²) in [6.45, 7) is 0. The number of rotatable bonds is 2. The Hall–Kier alpha value is -2.38. The Kier molecular flexibility index (Phi) is 3.36. The van der Waals surface area contributed by atoms with Crippen LogP contribution in [0.2, 0.25) is 0 Å². The van der Waals surface area contributed by atoms with E-state index in [1.54, 1.807) is 24.3 Å². The van der Waals surface area contributed by atoms with Crippen molar-refractivity contribution in [1.82, 2.24) is 0 Å². The monoisotopic (exact) mass is 283 g/mol. The van der Waals surface area contributed by atoms with Gasteiger partial charge in [0.2, 0.25) is 0 Å². The Morgan fingerprint density at radius 3 is 2.81 bits per heavy atom. The summed E-state index contributed by atoms with van der Waals surface area (Å²) in [4.78, 5) is 0. The van der Waals surface area contributed by atoms with Crippen LogP contribution >= 0.6 is 0 Å². The summed E-state index contributed by atoms with van der Waals surface area (Å²) in [5, 5.41) is 19.4. The number of nitrogens with zero attached hydrogens (tertiary/aromatic N) is 1. The predicted molar refractivity (Wildman–Crippen MR) is 76.4 cm³/mol. The summed E-state index contributed by atoms with van der Waals surface area (Å²) in [6, 6.07) is 10.1. The van der Waals surface area contributed by atoms with Gasteiger partial charge < -0.3 is 9.84 Å². The molecule has 21 heavy (non-hydrogen) atoms. The minimum Gasteiger partial charge on any atom is -0.497 e. The van der Waals surface area contributed by atoms with E-state index in [1.807, 2.05) is 0 Å². The van der Waals surface area contributed by atoms with Crippen LogP contribution < -0.4 is 4.74 Å². The van der Waals surface area contributed by atoms with Gasteiger partial charge in [-0.25, -0.2) is 4.39 Å². The van der Waals surface area contributed by atoms with E-state index >= 15 is 0 Å². The molecular weight excluding hydrogens is 269 g/mol. The van der Waals surface area contributed by atoms with Crippen LogP contribution in [0.1, 0.15) is 29.2 Å². The molecule has 106 valence electrons. The molecule has 2 aromatic rings. The highest BCUT2D eigenvalue weighted by Gasteiger charge is 2.25. The number of fused-ring (bicyclic) bond motifs is 1. The fraction of sp³-hybridized carbons (Fsp3) is 0.235. The number of nitriles is 1. The van der Waals surface area contributed by atoms with Gasteiger partial charge in [0.05, 0.1) is 18.8 Å². The second-order valence-electron chi connectivity index (χ2n) is 5.07. The molecule has 0 saturated carbocycles. The first-order chi connectivity index (χ1) is 10.2. The van der Waals surface area contributed by atoms with Gasteiger partial charge in [-0.05, 0) is 42.2 Å². The zero-order valence-corrected chi connectivity index (χ0v) is 11.6. The molecule has 0 spiro atoms. The topological polar surface area (TPSA) is 53.2 Å². The summed E-state index contributed by atoms with van der Waals surface area (Å²) in [5.41, 5.74) is 2.93. The average Bonchev–Trinajstić information content (AvgIpc) is 2.88. The molecule has 0 aliphatic heterocycles. The van der Waals surface area contributed by atoms with E-state index in [0.29, 0.717) is 35.3 Å². The van der Waals surface area contributed by atoms with Crippen LogP contribution in [-0.4, -0.2) is 12.2 Å². The average molecular weight is 283 g/mol. The summed E-state index contributed by atoms with van der Waals surface area (Å²) >= 11 is 0. The van der Waals surface area contributed by atoms with E-state index in [9.17, 15) is 14.8 Å². The molecule has 0 amide bonds. The van der Waals surface area contributed by atoms with Gasteiger partial charge in [0.15, 0.2) is 0 Å². The largest absolute Gasteiger partial charge is 0.497 e. The van der Waals surface area contributed by atoms with Gasteiger partial charge in [-0.2, -0.15) is 5.26 Å². The Morgan fingerprint density at radius 2 is 2.10 bits per heavy atom. The van der Waals surface area contributed by atoms with E-state index in [4.69, 9.17) is 4.74 Å². The van der Waals surface area contributed by atoms with Gasteiger partial charge in [0.25, 0.3) is 0 Å². The first-order valence-corrected chi connectivity index (χ1v) is 6.73.